The van der Waals surface area contributed by atoms with Crippen molar-refractivity contribution >= 4 is 17.7 Å². The highest BCUT2D eigenvalue weighted by molar-refractivity contribution is 6.01. The van der Waals surface area contributed by atoms with E-state index in [9.17, 15) is 14.7 Å². The quantitative estimate of drug-likeness (QED) is 0.876. The highest BCUT2D eigenvalue weighted by Crippen LogP contribution is 2.25. The molecule has 0 radical (unpaired) electrons. The summed E-state index contributed by atoms with van der Waals surface area (Å²) in [5.41, 5.74) is 1.15. The van der Waals surface area contributed by atoms with Crippen molar-refractivity contribution in [2.75, 3.05) is 5.32 Å². The van der Waals surface area contributed by atoms with Crippen LogP contribution in [0.5, 0.6) is 0 Å². The molecule has 1 fully saturated rings. The number of anilines is 1. The molecule has 2 rings (SSSR count). The second-order valence-corrected chi connectivity index (χ2v) is 5.77. The molecule has 0 aromatic heterocycles. The number of amides is 2. The Labute approximate surface area is 125 Å². The summed E-state index contributed by atoms with van der Waals surface area (Å²) >= 11 is 0. The number of urea groups is 1. The monoisotopic (exact) mass is 290 g/mol. The number of aryl methyl sites for hydroxylation is 1. The summed E-state index contributed by atoms with van der Waals surface area (Å²) in [6.45, 7) is 5.79. The molecular formula is C16H22N2O3. The second kappa shape index (κ2) is 6.16. The van der Waals surface area contributed by atoms with Crippen LogP contribution in [0.3, 0.4) is 0 Å². The molecule has 1 heterocycles. The van der Waals surface area contributed by atoms with Crippen LogP contribution in [0.1, 0.15) is 49.0 Å². The maximum Gasteiger partial charge on any atom is 0.338 e. The molecule has 0 saturated carbocycles. The third kappa shape index (κ3) is 3.17. The van der Waals surface area contributed by atoms with Crippen LogP contribution in [-0.2, 0) is 0 Å². The van der Waals surface area contributed by atoms with Crippen molar-refractivity contribution in [3.63, 3.8) is 0 Å². The molecule has 114 valence electrons. The van der Waals surface area contributed by atoms with Gasteiger partial charge in [0.05, 0.1) is 11.3 Å². The molecule has 1 aliphatic heterocycles. The normalized spacial score (nSPS) is 22.0. The smallest absolute Gasteiger partial charge is 0.338 e. The van der Waals surface area contributed by atoms with E-state index >= 15 is 0 Å². The zero-order valence-electron chi connectivity index (χ0n) is 12.7. The standard InChI is InChI=1S/C16H22N2O3/c1-10-6-4-9-13(14(10)15(19)20)17-16(21)18-11(2)7-5-8-12(18)3/h4,6,9,11-12H,5,7-8H2,1-3H3,(H,17,21)(H,19,20)/t11-,12+. The number of likely N-dealkylation sites (tertiary alicyclic amines) is 1. The maximum atomic E-state index is 12.5. The predicted molar refractivity (Wildman–Crippen MR) is 81.8 cm³/mol. The maximum absolute atomic E-state index is 12.5. The summed E-state index contributed by atoms with van der Waals surface area (Å²) in [6.07, 6.45) is 3.09. The largest absolute Gasteiger partial charge is 0.478 e. The molecule has 0 bridgehead atoms. The molecule has 0 aliphatic carbocycles. The van der Waals surface area contributed by atoms with Crippen LogP contribution in [0, 0.1) is 6.92 Å². The molecule has 2 amide bonds. The molecule has 5 heteroatoms. The number of aromatic carboxylic acids is 1. The lowest BCUT2D eigenvalue weighted by Gasteiger charge is -2.39. The minimum Gasteiger partial charge on any atom is -0.478 e. The van der Waals surface area contributed by atoms with Gasteiger partial charge in [-0.3, -0.25) is 0 Å². The number of nitrogens with zero attached hydrogens (tertiary/aromatic N) is 1. The Morgan fingerprint density at radius 2 is 1.86 bits per heavy atom. The van der Waals surface area contributed by atoms with Crippen molar-refractivity contribution < 1.29 is 14.7 Å². The van der Waals surface area contributed by atoms with Crippen LogP contribution >= 0.6 is 0 Å². The number of carboxylic acid groups (broad SMARTS) is 1. The Hall–Kier alpha value is -2.04. The lowest BCUT2D eigenvalue weighted by atomic mass is 9.98. The first kappa shape index (κ1) is 15.4. The van der Waals surface area contributed by atoms with Gasteiger partial charge < -0.3 is 15.3 Å². The fraction of sp³-hybridized carbons (Fsp3) is 0.500. The Balaban J connectivity index is 2.24. The minimum absolute atomic E-state index is 0.156. The second-order valence-electron chi connectivity index (χ2n) is 5.77. The van der Waals surface area contributed by atoms with Gasteiger partial charge in [0.1, 0.15) is 0 Å². The van der Waals surface area contributed by atoms with Gasteiger partial charge in [0, 0.05) is 12.1 Å². The van der Waals surface area contributed by atoms with Gasteiger partial charge in [-0.2, -0.15) is 0 Å². The van der Waals surface area contributed by atoms with Crippen LogP contribution in [0.4, 0.5) is 10.5 Å². The number of rotatable bonds is 2. The van der Waals surface area contributed by atoms with E-state index in [1.807, 2.05) is 18.7 Å². The highest BCUT2D eigenvalue weighted by atomic mass is 16.4. The highest BCUT2D eigenvalue weighted by Gasteiger charge is 2.29. The van der Waals surface area contributed by atoms with E-state index in [-0.39, 0.29) is 23.7 Å². The molecule has 0 unspecified atom stereocenters. The third-order valence-electron chi connectivity index (χ3n) is 4.16. The number of nitrogens with one attached hydrogen (secondary N) is 1. The van der Waals surface area contributed by atoms with Crippen molar-refractivity contribution in [2.45, 2.75) is 52.1 Å². The molecule has 21 heavy (non-hydrogen) atoms. The summed E-state index contributed by atoms with van der Waals surface area (Å²) in [4.78, 5) is 25.7. The first-order chi connectivity index (χ1) is 9.91. The fourth-order valence-electron chi connectivity index (χ4n) is 3.06. The van der Waals surface area contributed by atoms with Crippen LogP contribution in [-0.4, -0.2) is 34.1 Å². The fourth-order valence-corrected chi connectivity index (χ4v) is 3.06. The van der Waals surface area contributed by atoms with Gasteiger partial charge in [-0.25, -0.2) is 9.59 Å². The van der Waals surface area contributed by atoms with Crippen LogP contribution in [0.2, 0.25) is 0 Å². The first-order valence-corrected chi connectivity index (χ1v) is 7.34. The van der Waals surface area contributed by atoms with E-state index in [2.05, 4.69) is 5.32 Å². The van der Waals surface area contributed by atoms with Crippen molar-refractivity contribution in [3.8, 4) is 0 Å². The van der Waals surface area contributed by atoms with E-state index < -0.39 is 5.97 Å². The van der Waals surface area contributed by atoms with Crippen molar-refractivity contribution in [1.29, 1.82) is 0 Å². The molecule has 1 aromatic rings. The zero-order chi connectivity index (χ0) is 15.6. The Kier molecular flexibility index (Phi) is 4.50. The minimum atomic E-state index is -1.02. The van der Waals surface area contributed by atoms with Gasteiger partial charge in [-0.1, -0.05) is 12.1 Å². The van der Waals surface area contributed by atoms with Gasteiger partial charge >= 0.3 is 12.0 Å². The molecule has 1 aromatic carbocycles. The lowest BCUT2D eigenvalue weighted by molar-refractivity contribution is 0.0697. The number of hydrogen-bond donors (Lipinski definition) is 2. The number of carbonyl (C=O) groups is 2. The third-order valence-corrected chi connectivity index (χ3v) is 4.16. The van der Waals surface area contributed by atoms with Gasteiger partial charge in [0.25, 0.3) is 0 Å². The average molecular weight is 290 g/mol. The Bertz CT molecular complexity index is 546. The van der Waals surface area contributed by atoms with Gasteiger partial charge in [-0.05, 0) is 51.7 Å². The summed E-state index contributed by atoms with van der Waals surface area (Å²) in [5, 5.41) is 12.1. The van der Waals surface area contributed by atoms with Gasteiger partial charge in [0.15, 0.2) is 0 Å². The molecule has 2 N–H and O–H groups in total. The molecular weight excluding hydrogens is 268 g/mol. The van der Waals surface area contributed by atoms with E-state index in [1.54, 1.807) is 25.1 Å². The average Bonchev–Trinajstić information content (AvgIpc) is 2.37. The van der Waals surface area contributed by atoms with E-state index in [0.717, 1.165) is 19.3 Å². The van der Waals surface area contributed by atoms with E-state index in [1.165, 1.54) is 0 Å². The predicted octanol–water partition coefficient (Wildman–Crippen LogP) is 3.49. The molecule has 5 nitrogen and oxygen atoms in total. The molecule has 1 saturated heterocycles. The number of piperidine rings is 1. The summed E-state index contributed by atoms with van der Waals surface area (Å²) in [5.74, 6) is -1.02. The topological polar surface area (TPSA) is 69.6 Å². The van der Waals surface area contributed by atoms with Crippen LogP contribution < -0.4 is 5.32 Å². The van der Waals surface area contributed by atoms with Crippen LogP contribution in [0.15, 0.2) is 18.2 Å². The number of benzene rings is 1. The SMILES string of the molecule is Cc1cccc(NC(=O)N2[C@H](C)CCC[C@@H]2C)c1C(=O)O. The van der Waals surface area contributed by atoms with E-state index in [4.69, 9.17) is 0 Å². The molecule has 2 atom stereocenters. The summed E-state index contributed by atoms with van der Waals surface area (Å²) in [7, 11) is 0. The zero-order valence-corrected chi connectivity index (χ0v) is 12.7. The van der Waals surface area contributed by atoms with Crippen molar-refractivity contribution in [3.05, 3.63) is 29.3 Å². The summed E-state index contributed by atoms with van der Waals surface area (Å²) < 4.78 is 0. The van der Waals surface area contributed by atoms with Gasteiger partial charge in [-0.15, -0.1) is 0 Å². The van der Waals surface area contributed by atoms with E-state index in [0.29, 0.717) is 11.3 Å². The first-order valence-electron chi connectivity index (χ1n) is 7.34. The number of carboxylic acids is 1. The van der Waals surface area contributed by atoms with Crippen molar-refractivity contribution in [2.24, 2.45) is 0 Å². The number of hydrogen-bond acceptors (Lipinski definition) is 2. The van der Waals surface area contributed by atoms with Gasteiger partial charge in [0.2, 0.25) is 0 Å². The Morgan fingerprint density at radius 3 is 2.43 bits per heavy atom. The van der Waals surface area contributed by atoms with Crippen molar-refractivity contribution in [1.82, 2.24) is 4.90 Å². The lowest BCUT2D eigenvalue weighted by Crippen LogP contribution is -2.49. The summed E-state index contributed by atoms with van der Waals surface area (Å²) in [6, 6.07) is 5.24. The Morgan fingerprint density at radius 1 is 1.24 bits per heavy atom. The molecule has 0 spiro atoms. The number of carbonyl (C=O) groups excluding carboxylic acids is 1. The molecule has 1 aliphatic rings. The van der Waals surface area contributed by atoms with Crippen LogP contribution in [0.25, 0.3) is 0 Å².